The lowest BCUT2D eigenvalue weighted by Crippen LogP contribution is -2.32. The molecule has 0 saturated heterocycles. The van der Waals surface area contributed by atoms with Gasteiger partial charge >= 0.3 is 6.09 Å². The van der Waals surface area contributed by atoms with Crippen molar-refractivity contribution in [1.82, 2.24) is 35.5 Å². The van der Waals surface area contributed by atoms with Crippen molar-refractivity contribution in [3.8, 4) is 28.9 Å². The number of nitrogens with one attached hydrogen (secondary N) is 2. The van der Waals surface area contributed by atoms with Crippen molar-refractivity contribution in [2.75, 3.05) is 14.2 Å². The highest BCUT2D eigenvalue weighted by molar-refractivity contribution is 5.71. The highest BCUT2D eigenvalue weighted by Crippen LogP contribution is 2.26. The molecule has 2 N–H and O–H groups in total. The maximum Gasteiger partial charge on any atom is 0.413 e. The fraction of sp³-hybridized carbons (Fsp3) is 0.235. The minimum absolute atomic E-state index is 0.00546. The van der Waals surface area contributed by atoms with Crippen LogP contribution < -0.4 is 25.1 Å². The minimum atomic E-state index is -0.819. The van der Waals surface area contributed by atoms with Crippen LogP contribution in [0, 0.1) is 0 Å². The number of hydrogen-bond acceptors (Lipinski definition) is 10. The van der Waals surface area contributed by atoms with Gasteiger partial charge in [-0.3, -0.25) is 4.79 Å². The summed E-state index contributed by atoms with van der Waals surface area (Å²) in [7, 11) is 2.76. The number of rotatable bonds is 6. The summed E-state index contributed by atoms with van der Waals surface area (Å²) >= 11 is 0. The van der Waals surface area contributed by atoms with E-state index in [-0.39, 0.29) is 23.3 Å². The van der Waals surface area contributed by atoms with Crippen molar-refractivity contribution in [2.24, 2.45) is 0 Å². The number of nitrogens with zero attached hydrogens (tertiary/aromatic N) is 5. The van der Waals surface area contributed by atoms with Gasteiger partial charge in [-0.15, -0.1) is 10.2 Å². The summed E-state index contributed by atoms with van der Waals surface area (Å²) in [4.78, 5) is 39.1. The van der Waals surface area contributed by atoms with E-state index in [0.29, 0.717) is 11.4 Å². The molecule has 0 spiro atoms. The summed E-state index contributed by atoms with van der Waals surface area (Å²) in [5.74, 6) is 0.386. The Hall–Kier alpha value is -4.09. The molecular weight excluding hydrogens is 382 g/mol. The third-order valence-corrected chi connectivity index (χ3v) is 3.66. The zero-order chi connectivity index (χ0) is 20.8. The Morgan fingerprint density at radius 1 is 1.17 bits per heavy atom. The molecule has 0 aliphatic carbocycles. The second kappa shape index (κ2) is 8.73. The van der Waals surface area contributed by atoms with Gasteiger partial charge in [0.15, 0.2) is 0 Å². The Labute approximate surface area is 164 Å². The van der Waals surface area contributed by atoms with Crippen LogP contribution >= 0.6 is 0 Å². The first-order valence-corrected chi connectivity index (χ1v) is 8.32. The van der Waals surface area contributed by atoms with Crippen LogP contribution in [0.15, 0.2) is 35.5 Å². The summed E-state index contributed by atoms with van der Waals surface area (Å²) in [5, 5.41) is 10.0. The largest absolute Gasteiger partial charge is 0.480 e. The fourth-order valence-corrected chi connectivity index (χ4v) is 2.29. The molecule has 29 heavy (non-hydrogen) atoms. The first-order chi connectivity index (χ1) is 14.0. The average molecular weight is 399 g/mol. The maximum absolute atomic E-state index is 12.3. The molecule has 0 fully saturated rings. The molecule has 12 nitrogen and oxygen atoms in total. The van der Waals surface area contributed by atoms with Crippen LogP contribution in [0.3, 0.4) is 0 Å². The highest BCUT2D eigenvalue weighted by atomic mass is 16.6. The number of carbonyl (C=O) groups is 1. The molecule has 0 bridgehead atoms. The van der Waals surface area contributed by atoms with Gasteiger partial charge in [0, 0.05) is 12.3 Å². The summed E-state index contributed by atoms with van der Waals surface area (Å²) < 4.78 is 15.2. The van der Waals surface area contributed by atoms with Crippen molar-refractivity contribution >= 4 is 6.09 Å². The molecular formula is C17H17N7O5. The van der Waals surface area contributed by atoms with Gasteiger partial charge in [0.2, 0.25) is 11.6 Å². The number of methoxy groups -OCH3 is 2. The van der Waals surface area contributed by atoms with E-state index in [9.17, 15) is 9.59 Å². The molecule has 12 heteroatoms. The van der Waals surface area contributed by atoms with E-state index in [1.807, 2.05) is 0 Å². The average Bonchev–Trinajstić information content (AvgIpc) is 2.73. The lowest BCUT2D eigenvalue weighted by atomic mass is 10.2. The van der Waals surface area contributed by atoms with Crippen LogP contribution in [0.5, 0.6) is 17.5 Å². The van der Waals surface area contributed by atoms with Crippen LogP contribution in [0.4, 0.5) is 4.79 Å². The van der Waals surface area contributed by atoms with Crippen LogP contribution in [0.2, 0.25) is 0 Å². The second-order valence-corrected chi connectivity index (χ2v) is 5.63. The summed E-state index contributed by atoms with van der Waals surface area (Å²) in [6.45, 7) is 1.63. The number of H-pyrrole nitrogens is 1. The zero-order valence-corrected chi connectivity index (χ0v) is 15.7. The summed E-state index contributed by atoms with van der Waals surface area (Å²) in [6.07, 6.45) is 2.07. The predicted octanol–water partition coefficient (Wildman–Crippen LogP) is 0.884. The quantitative estimate of drug-likeness (QED) is 0.610. The third-order valence-electron chi connectivity index (χ3n) is 3.66. The van der Waals surface area contributed by atoms with E-state index in [0.717, 1.165) is 0 Å². The van der Waals surface area contributed by atoms with E-state index < -0.39 is 17.7 Å². The topological polar surface area (TPSA) is 154 Å². The first-order valence-electron chi connectivity index (χ1n) is 8.32. The monoisotopic (exact) mass is 399 g/mol. The molecule has 3 aromatic rings. The molecule has 1 atom stereocenters. The van der Waals surface area contributed by atoms with Crippen LogP contribution in [-0.4, -0.2) is 50.4 Å². The normalized spacial score (nSPS) is 11.4. The van der Waals surface area contributed by atoms with E-state index in [1.165, 1.54) is 38.9 Å². The SMILES string of the molecule is COc1cc(OC(=O)NC(C)c2nc(-c3ccncn3)cc(=O)[nH]2)c(OC)nn1. The molecule has 3 heterocycles. The molecule has 3 aromatic heterocycles. The first kappa shape index (κ1) is 19.7. The predicted molar refractivity (Wildman–Crippen MR) is 98.6 cm³/mol. The van der Waals surface area contributed by atoms with Gasteiger partial charge < -0.3 is 24.5 Å². The molecule has 150 valence electrons. The number of hydrogen-bond donors (Lipinski definition) is 2. The molecule has 3 rings (SSSR count). The van der Waals surface area contributed by atoms with E-state index in [2.05, 4.69) is 35.5 Å². The third kappa shape index (κ3) is 4.80. The number of aromatic amines is 1. The maximum atomic E-state index is 12.3. The zero-order valence-electron chi connectivity index (χ0n) is 15.7. The van der Waals surface area contributed by atoms with E-state index >= 15 is 0 Å². The van der Waals surface area contributed by atoms with Crippen LogP contribution in [0.1, 0.15) is 18.8 Å². The van der Waals surface area contributed by atoms with Gasteiger partial charge in [-0.25, -0.2) is 19.7 Å². The van der Waals surface area contributed by atoms with Crippen molar-refractivity contribution in [1.29, 1.82) is 0 Å². The minimum Gasteiger partial charge on any atom is -0.480 e. The van der Waals surface area contributed by atoms with Gasteiger partial charge in [-0.2, -0.15) is 0 Å². The van der Waals surface area contributed by atoms with Crippen molar-refractivity contribution < 1.29 is 19.0 Å². The lowest BCUT2D eigenvalue weighted by molar-refractivity contribution is 0.193. The molecule has 1 unspecified atom stereocenters. The molecule has 0 aliphatic heterocycles. The summed E-state index contributed by atoms with van der Waals surface area (Å²) in [5.41, 5.74) is 0.426. The van der Waals surface area contributed by atoms with E-state index in [4.69, 9.17) is 14.2 Å². The lowest BCUT2D eigenvalue weighted by Gasteiger charge is -2.14. The van der Waals surface area contributed by atoms with Crippen molar-refractivity contribution in [3.63, 3.8) is 0 Å². The second-order valence-electron chi connectivity index (χ2n) is 5.63. The van der Waals surface area contributed by atoms with Crippen molar-refractivity contribution in [3.05, 3.63) is 46.9 Å². The molecule has 0 aliphatic rings. The van der Waals surface area contributed by atoms with Gasteiger partial charge in [-0.1, -0.05) is 0 Å². The standard InChI is InChI=1S/C17H17N7O5/c1-9(15-21-11(6-13(25)22-15)10-4-5-18-8-19-10)20-17(26)29-12-7-14(27-2)23-24-16(12)28-3/h4-9H,1-3H3,(H,20,26)(H,21,22,25). The number of ether oxygens (including phenoxy) is 3. The Bertz CT molecular complexity index is 1060. The number of amides is 1. The Kier molecular flexibility index (Phi) is 5.92. The van der Waals surface area contributed by atoms with Crippen LogP contribution in [-0.2, 0) is 0 Å². The van der Waals surface area contributed by atoms with Crippen LogP contribution in [0.25, 0.3) is 11.4 Å². The smallest absolute Gasteiger partial charge is 0.413 e. The Morgan fingerprint density at radius 2 is 2.00 bits per heavy atom. The molecule has 1 amide bonds. The highest BCUT2D eigenvalue weighted by Gasteiger charge is 2.18. The summed E-state index contributed by atoms with van der Waals surface area (Å²) in [6, 6.07) is 3.59. The van der Waals surface area contributed by atoms with Gasteiger partial charge in [-0.05, 0) is 13.0 Å². The fourth-order valence-electron chi connectivity index (χ4n) is 2.29. The number of carbonyl (C=O) groups excluding carboxylic acids is 1. The van der Waals surface area contributed by atoms with E-state index in [1.54, 1.807) is 13.0 Å². The Balaban J connectivity index is 1.77. The van der Waals surface area contributed by atoms with Gasteiger partial charge in [0.05, 0.1) is 37.7 Å². The molecule has 0 saturated carbocycles. The molecule has 0 radical (unpaired) electrons. The van der Waals surface area contributed by atoms with Gasteiger partial charge in [0.25, 0.3) is 11.4 Å². The number of aromatic nitrogens is 6. The Morgan fingerprint density at radius 3 is 2.69 bits per heavy atom. The molecule has 0 aromatic carbocycles. The van der Waals surface area contributed by atoms with Crippen molar-refractivity contribution in [2.45, 2.75) is 13.0 Å². The van der Waals surface area contributed by atoms with Gasteiger partial charge in [0.1, 0.15) is 12.2 Å².